The molecule has 30 heavy (non-hydrogen) atoms. The number of rotatable bonds is 6. The van der Waals surface area contributed by atoms with Crippen molar-refractivity contribution in [3.8, 4) is 11.5 Å². The van der Waals surface area contributed by atoms with Crippen LogP contribution in [0.1, 0.15) is 24.0 Å². The Bertz CT molecular complexity index is 799. The minimum atomic E-state index is 0. The SMILES string of the molecule is Cl.Cl.Cl.Oc1cc2c(cc1OCCCN1CCN(c3cccc(Cl)c3)CC1)CCC2. The zero-order valence-electron chi connectivity index (χ0n) is 16.9. The molecule has 0 amide bonds. The van der Waals surface area contributed by atoms with Gasteiger partial charge in [-0.05, 0) is 67.1 Å². The van der Waals surface area contributed by atoms with E-state index in [0.717, 1.165) is 57.0 Å². The zero-order valence-corrected chi connectivity index (χ0v) is 20.1. The minimum absolute atomic E-state index is 0. The van der Waals surface area contributed by atoms with Crippen LogP contribution in [0.4, 0.5) is 5.69 Å². The van der Waals surface area contributed by atoms with Gasteiger partial charge in [0.25, 0.3) is 0 Å². The van der Waals surface area contributed by atoms with Gasteiger partial charge in [0, 0.05) is 43.4 Å². The fourth-order valence-corrected chi connectivity index (χ4v) is 4.26. The molecule has 1 aliphatic carbocycles. The van der Waals surface area contributed by atoms with E-state index >= 15 is 0 Å². The number of aryl methyl sites for hydroxylation is 2. The number of phenols is 1. The van der Waals surface area contributed by atoms with Gasteiger partial charge in [-0.15, -0.1) is 37.2 Å². The van der Waals surface area contributed by atoms with Gasteiger partial charge >= 0.3 is 0 Å². The van der Waals surface area contributed by atoms with Crippen LogP contribution in [0.2, 0.25) is 5.02 Å². The molecule has 0 atom stereocenters. The lowest BCUT2D eigenvalue weighted by Crippen LogP contribution is -2.46. The Morgan fingerprint density at radius 3 is 2.33 bits per heavy atom. The number of fused-ring (bicyclic) bond motifs is 1. The third kappa shape index (κ3) is 6.73. The number of ether oxygens (including phenoxy) is 1. The summed E-state index contributed by atoms with van der Waals surface area (Å²) < 4.78 is 5.85. The molecule has 1 saturated heterocycles. The number of benzene rings is 2. The van der Waals surface area contributed by atoms with E-state index in [1.807, 2.05) is 30.3 Å². The Kier molecular flexibility index (Phi) is 11.5. The topological polar surface area (TPSA) is 35.9 Å². The Balaban J connectivity index is 0.00000150. The summed E-state index contributed by atoms with van der Waals surface area (Å²) in [6, 6.07) is 12.0. The molecule has 0 saturated carbocycles. The fraction of sp³-hybridized carbons (Fsp3) is 0.455. The van der Waals surface area contributed by atoms with E-state index in [1.54, 1.807) is 0 Å². The Morgan fingerprint density at radius 2 is 1.63 bits per heavy atom. The first-order chi connectivity index (χ1) is 13.2. The molecule has 2 aromatic rings. The summed E-state index contributed by atoms with van der Waals surface area (Å²) in [4.78, 5) is 4.87. The summed E-state index contributed by atoms with van der Waals surface area (Å²) in [5.74, 6) is 0.923. The summed E-state index contributed by atoms with van der Waals surface area (Å²) in [5.41, 5.74) is 3.81. The van der Waals surface area contributed by atoms with Gasteiger partial charge < -0.3 is 14.7 Å². The lowest BCUT2D eigenvalue weighted by molar-refractivity contribution is 0.221. The van der Waals surface area contributed by atoms with Gasteiger partial charge in [0.15, 0.2) is 11.5 Å². The lowest BCUT2D eigenvalue weighted by Gasteiger charge is -2.36. The van der Waals surface area contributed by atoms with Gasteiger partial charge in [0.2, 0.25) is 0 Å². The third-order valence-electron chi connectivity index (χ3n) is 5.60. The van der Waals surface area contributed by atoms with E-state index in [2.05, 4.69) is 15.9 Å². The van der Waals surface area contributed by atoms with Crippen LogP contribution in [0, 0.1) is 0 Å². The number of halogens is 4. The van der Waals surface area contributed by atoms with E-state index < -0.39 is 0 Å². The molecular formula is C22H30Cl4N2O2. The number of hydrogen-bond donors (Lipinski definition) is 1. The number of anilines is 1. The molecule has 4 rings (SSSR count). The summed E-state index contributed by atoms with van der Waals surface area (Å²) in [6.07, 6.45) is 4.32. The predicted molar refractivity (Wildman–Crippen MR) is 132 cm³/mol. The van der Waals surface area contributed by atoms with Gasteiger partial charge in [-0.2, -0.15) is 0 Å². The quantitative estimate of drug-likeness (QED) is 0.545. The third-order valence-corrected chi connectivity index (χ3v) is 5.83. The highest BCUT2D eigenvalue weighted by molar-refractivity contribution is 6.30. The molecular weight excluding hydrogens is 466 g/mol. The van der Waals surface area contributed by atoms with Crippen molar-refractivity contribution in [1.29, 1.82) is 0 Å². The van der Waals surface area contributed by atoms with Gasteiger partial charge in [-0.25, -0.2) is 0 Å². The van der Waals surface area contributed by atoms with Gasteiger partial charge in [0.1, 0.15) is 0 Å². The minimum Gasteiger partial charge on any atom is -0.504 e. The number of aromatic hydroxyl groups is 1. The second kappa shape index (κ2) is 12.7. The molecule has 2 aromatic carbocycles. The van der Waals surface area contributed by atoms with Crippen LogP contribution in [0.15, 0.2) is 36.4 Å². The molecule has 0 aromatic heterocycles. The van der Waals surface area contributed by atoms with Crippen LogP contribution < -0.4 is 9.64 Å². The van der Waals surface area contributed by atoms with Crippen molar-refractivity contribution in [1.82, 2.24) is 4.90 Å². The first kappa shape index (κ1) is 27.0. The highest BCUT2D eigenvalue weighted by Gasteiger charge is 2.18. The first-order valence-electron chi connectivity index (χ1n) is 9.89. The molecule has 1 heterocycles. The molecule has 168 valence electrons. The first-order valence-corrected chi connectivity index (χ1v) is 10.3. The average Bonchev–Trinajstić information content (AvgIpc) is 3.13. The molecule has 4 nitrogen and oxygen atoms in total. The summed E-state index contributed by atoms with van der Waals surface area (Å²) >= 11 is 6.10. The van der Waals surface area contributed by atoms with E-state index in [-0.39, 0.29) is 43.0 Å². The molecule has 0 spiro atoms. The smallest absolute Gasteiger partial charge is 0.161 e. The highest BCUT2D eigenvalue weighted by atomic mass is 35.5. The van der Waals surface area contributed by atoms with Crippen molar-refractivity contribution < 1.29 is 9.84 Å². The molecule has 1 aliphatic heterocycles. The van der Waals surface area contributed by atoms with E-state index in [0.29, 0.717) is 12.4 Å². The number of nitrogens with zero attached hydrogens (tertiary/aromatic N) is 2. The van der Waals surface area contributed by atoms with Crippen LogP contribution in [0.5, 0.6) is 11.5 Å². The Hall–Kier alpha value is -1.04. The maximum Gasteiger partial charge on any atom is 0.161 e. The van der Waals surface area contributed by atoms with Crippen molar-refractivity contribution in [2.45, 2.75) is 25.7 Å². The molecule has 1 N–H and O–H groups in total. The van der Waals surface area contributed by atoms with Gasteiger partial charge in [-0.3, -0.25) is 4.90 Å². The van der Waals surface area contributed by atoms with Crippen LogP contribution in [-0.2, 0) is 12.8 Å². The standard InChI is InChI=1S/C22H27ClN2O2.3ClH/c23-19-6-2-7-20(16-19)25-11-9-24(10-12-25)8-3-13-27-22-15-18-5-1-4-17(18)14-21(22)26;;;/h2,6-7,14-16,26H,1,3-5,8-13H2;3*1H. The van der Waals surface area contributed by atoms with Crippen LogP contribution in [0.3, 0.4) is 0 Å². The van der Waals surface area contributed by atoms with Gasteiger partial charge in [0.05, 0.1) is 6.61 Å². The lowest BCUT2D eigenvalue weighted by atomic mass is 10.1. The zero-order chi connectivity index (χ0) is 18.6. The maximum absolute atomic E-state index is 10.1. The largest absolute Gasteiger partial charge is 0.504 e. The maximum atomic E-state index is 10.1. The van der Waals surface area contributed by atoms with Crippen molar-refractivity contribution >= 4 is 54.5 Å². The normalized spacial score (nSPS) is 15.4. The Labute approximate surface area is 202 Å². The van der Waals surface area contributed by atoms with Crippen molar-refractivity contribution in [3.63, 3.8) is 0 Å². The monoisotopic (exact) mass is 494 g/mol. The van der Waals surface area contributed by atoms with Crippen LogP contribution in [-0.4, -0.2) is 49.3 Å². The Morgan fingerprint density at radius 1 is 0.933 bits per heavy atom. The van der Waals surface area contributed by atoms with Crippen molar-refractivity contribution in [3.05, 3.63) is 52.5 Å². The van der Waals surface area contributed by atoms with Crippen LogP contribution in [0.25, 0.3) is 0 Å². The molecule has 2 aliphatic rings. The predicted octanol–water partition coefficient (Wildman–Crippen LogP) is 5.39. The fourth-order valence-electron chi connectivity index (χ4n) is 4.08. The molecule has 0 bridgehead atoms. The summed E-state index contributed by atoms with van der Waals surface area (Å²) in [6.45, 7) is 5.81. The average molecular weight is 496 g/mol. The molecule has 1 fully saturated rings. The van der Waals surface area contributed by atoms with E-state index in [4.69, 9.17) is 16.3 Å². The molecule has 8 heteroatoms. The number of phenolic OH excluding ortho intramolecular Hbond substituents is 1. The van der Waals surface area contributed by atoms with E-state index in [9.17, 15) is 5.11 Å². The highest BCUT2D eigenvalue weighted by Crippen LogP contribution is 2.34. The van der Waals surface area contributed by atoms with Crippen molar-refractivity contribution in [2.24, 2.45) is 0 Å². The van der Waals surface area contributed by atoms with Crippen molar-refractivity contribution in [2.75, 3.05) is 44.2 Å². The van der Waals surface area contributed by atoms with Crippen LogP contribution >= 0.6 is 48.8 Å². The second-order valence-electron chi connectivity index (χ2n) is 7.45. The molecule has 0 unspecified atom stereocenters. The number of piperazine rings is 1. The number of hydrogen-bond acceptors (Lipinski definition) is 4. The van der Waals surface area contributed by atoms with E-state index in [1.165, 1.54) is 23.2 Å². The summed E-state index contributed by atoms with van der Waals surface area (Å²) in [5, 5.41) is 10.9. The van der Waals surface area contributed by atoms with Gasteiger partial charge in [-0.1, -0.05) is 17.7 Å². The summed E-state index contributed by atoms with van der Waals surface area (Å²) in [7, 11) is 0. The molecule has 0 radical (unpaired) electrons. The second-order valence-corrected chi connectivity index (χ2v) is 7.89.